The lowest BCUT2D eigenvalue weighted by molar-refractivity contribution is -0.318. The number of aliphatic hydroxyl groups excluding tert-OH is 3. The molecule has 0 unspecified atom stereocenters. The molecule has 3 aliphatic rings. The van der Waals surface area contributed by atoms with Gasteiger partial charge in [0, 0.05) is 37.3 Å². The number of carbonyl (C=O) groups excluding carboxylic acids is 2. The van der Waals surface area contributed by atoms with Crippen LogP contribution in [0.4, 0.5) is 0 Å². The Balaban J connectivity index is 2.18. The molecule has 14 nitrogen and oxygen atoms in total. The summed E-state index contributed by atoms with van der Waals surface area (Å²) in [5.74, 6) is -4.98. The molecule has 0 spiro atoms. The molecule has 0 aromatic carbocycles. The molecule has 0 amide bonds. The number of likely N-dealkylation sites (N-methyl/N-ethyl adjacent to an activating group) is 1. The third kappa shape index (κ3) is 9.51. The maximum absolute atomic E-state index is 14.1. The van der Waals surface area contributed by atoms with Crippen molar-refractivity contribution in [2.45, 2.75) is 179 Å². The van der Waals surface area contributed by atoms with Crippen molar-refractivity contribution in [1.29, 1.82) is 0 Å². The molecule has 0 aliphatic carbocycles. The zero-order chi connectivity index (χ0) is 39.0. The van der Waals surface area contributed by atoms with Crippen molar-refractivity contribution in [3.8, 4) is 0 Å². The predicted octanol–water partition coefficient (Wildman–Crippen LogP) is 1.79. The lowest BCUT2D eigenvalue weighted by Gasteiger charge is -2.49. The van der Waals surface area contributed by atoms with E-state index < -0.39 is 108 Å². The van der Waals surface area contributed by atoms with Crippen molar-refractivity contribution >= 4 is 11.8 Å². The molecule has 0 aromatic rings. The number of hydrogen-bond acceptors (Lipinski definition) is 14. The first-order chi connectivity index (χ1) is 23.4. The van der Waals surface area contributed by atoms with Crippen LogP contribution in [0, 0.1) is 23.7 Å². The zero-order valence-electron chi connectivity index (χ0n) is 32.9. The van der Waals surface area contributed by atoms with E-state index in [1.165, 1.54) is 27.9 Å². The van der Waals surface area contributed by atoms with E-state index in [0.29, 0.717) is 6.42 Å². The van der Waals surface area contributed by atoms with E-state index >= 15 is 0 Å². The van der Waals surface area contributed by atoms with Crippen molar-refractivity contribution in [3.05, 3.63) is 0 Å². The van der Waals surface area contributed by atoms with Gasteiger partial charge in [0.05, 0.1) is 47.6 Å². The maximum atomic E-state index is 14.1. The van der Waals surface area contributed by atoms with Crippen LogP contribution in [0.5, 0.6) is 0 Å². The van der Waals surface area contributed by atoms with Gasteiger partial charge in [0.2, 0.25) is 0 Å². The van der Waals surface area contributed by atoms with Crippen molar-refractivity contribution in [2.24, 2.45) is 23.7 Å². The molecule has 0 radical (unpaired) electrons. The summed E-state index contributed by atoms with van der Waals surface area (Å²) in [5.41, 5.74) is -4.84. The Morgan fingerprint density at radius 3 is 2.04 bits per heavy atom. The summed E-state index contributed by atoms with van der Waals surface area (Å²) >= 11 is 0. The van der Waals surface area contributed by atoms with Gasteiger partial charge in [0.25, 0.3) is 0 Å². The molecule has 298 valence electrons. The lowest BCUT2D eigenvalue weighted by Crippen LogP contribution is -2.61. The van der Waals surface area contributed by atoms with Gasteiger partial charge in [0.15, 0.2) is 12.6 Å². The molecule has 14 heteroatoms. The van der Waals surface area contributed by atoms with Gasteiger partial charge in [-0.3, -0.25) is 9.59 Å². The largest absolute Gasteiger partial charge is 0.459 e. The highest BCUT2D eigenvalue weighted by molar-refractivity contribution is 5.83. The molecule has 3 rings (SSSR count). The first kappa shape index (κ1) is 44.1. The van der Waals surface area contributed by atoms with Gasteiger partial charge in [-0.2, -0.15) is 0 Å². The number of methoxy groups -OCH3 is 1. The van der Waals surface area contributed by atoms with Gasteiger partial charge in [-0.05, 0) is 74.9 Å². The summed E-state index contributed by atoms with van der Waals surface area (Å²) < 4.78 is 37.1. The maximum Gasteiger partial charge on any atom is 0.311 e. The third-order valence-corrected chi connectivity index (χ3v) is 11.8. The van der Waals surface area contributed by atoms with Crippen LogP contribution in [0.3, 0.4) is 0 Å². The summed E-state index contributed by atoms with van der Waals surface area (Å²) in [6, 6.07) is -0.324. The number of rotatable bonds is 7. The monoisotopic (exact) mass is 733 g/mol. The quantitative estimate of drug-likeness (QED) is 0.238. The van der Waals surface area contributed by atoms with E-state index in [2.05, 4.69) is 0 Å². The van der Waals surface area contributed by atoms with Crippen LogP contribution in [0.1, 0.15) is 94.9 Å². The second kappa shape index (κ2) is 17.0. The van der Waals surface area contributed by atoms with E-state index in [-0.39, 0.29) is 31.4 Å². The van der Waals surface area contributed by atoms with Crippen molar-refractivity contribution in [2.75, 3.05) is 21.2 Å². The van der Waals surface area contributed by atoms with Crippen LogP contribution in [0.2, 0.25) is 0 Å². The first-order valence-corrected chi connectivity index (χ1v) is 18.5. The van der Waals surface area contributed by atoms with E-state index in [4.69, 9.17) is 28.4 Å². The summed E-state index contributed by atoms with van der Waals surface area (Å²) in [7, 11) is 5.18. The number of nitrogens with zero attached hydrogens (tertiary/aromatic N) is 1. The van der Waals surface area contributed by atoms with Crippen molar-refractivity contribution < 1.29 is 63.5 Å². The minimum Gasteiger partial charge on any atom is -0.459 e. The molecule has 0 bridgehead atoms. The number of aliphatic hydroxyl groups is 5. The van der Waals surface area contributed by atoms with Gasteiger partial charge in [-0.25, -0.2) is 0 Å². The van der Waals surface area contributed by atoms with Gasteiger partial charge in [0.1, 0.15) is 29.7 Å². The molecule has 3 aliphatic heterocycles. The number of ketones is 1. The second-order valence-corrected chi connectivity index (χ2v) is 16.5. The SMILES string of the molecule is CC[C@H]1OC(=O)[C@H](C)[C@@H](O[C@H]2C[C@](C)(OC)[C@@H](O)[C@H](C)O2)[C@H](C)[C@@H](O[C@@H]2O[C@H](C)C[C@H](N(C)C)[C@H]2O)[C@](C)(O)C[C@@H](C)C(=O)[C@H](C)[C@@H](O)[C@]1(C)O. The average molecular weight is 734 g/mol. The number of ether oxygens (including phenoxy) is 6. The summed E-state index contributed by atoms with van der Waals surface area (Å²) in [5, 5.41) is 57.6. The zero-order valence-corrected chi connectivity index (χ0v) is 32.9. The Labute approximate surface area is 304 Å². The van der Waals surface area contributed by atoms with Crippen molar-refractivity contribution in [3.63, 3.8) is 0 Å². The predicted molar refractivity (Wildman–Crippen MR) is 186 cm³/mol. The molecular weight excluding hydrogens is 666 g/mol. The van der Waals surface area contributed by atoms with Crippen LogP contribution in [0.25, 0.3) is 0 Å². The fourth-order valence-electron chi connectivity index (χ4n) is 8.41. The smallest absolute Gasteiger partial charge is 0.311 e. The van der Waals surface area contributed by atoms with Gasteiger partial charge in [-0.1, -0.05) is 27.7 Å². The molecule has 3 heterocycles. The third-order valence-electron chi connectivity index (χ3n) is 11.8. The normalized spacial score (nSPS) is 49.7. The highest BCUT2D eigenvalue weighted by Gasteiger charge is 2.53. The number of carbonyl (C=O) groups is 2. The number of Topliss-reactive ketones (excluding diaryl/α,β-unsaturated/α-hetero) is 1. The van der Waals surface area contributed by atoms with E-state index in [0.717, 1.165) is 0 Å². The summed E-state index contributed by atoms with van der Waals surface area (Å²) in [6.45, 7) is 16.3. The molecule has 0 saturated carbocycles. The minimum absolute atomic E-state index is 0.0936. The number of hydrogen-bond donors (Lipinski definition) is 5. The Bertz CT molecular complexity index is 1170. The summed E-state index contributed by atoms with van der Waals surface area (Å²) in [6.07, 6.45) is -9.71. The van der Waals surface area contributed by atoms with Crippen LogP contribution in [-0.4, -0.2) is 148 Å². The Morgan fingerprint density at radius 1 is 0.882 bits per heavy atom. The van der Waals surface area contributed by atoms with Gasteiger partial charge >= 0.3 is 5.97 Å². The molecule has 3 saturated heterocycles. The van der Waals surface area contributed by atoms with Crippen LogP contribution in [-0.2, 0) is 38.0 Å². The second-order valence-electron chi connectivity index (χ2n) is 16.5. The topological polar surface area (TPSA) is 194 Å². The van der Waals surface area contributed by atoms with E-state index in [1.54, 1.807) is 41.5 Å². The van der Waals surface area contributed by atoms with E-state index in [1.807, 2.05) is 25.9 Å². The first-order valence-electron chi connectivity index (χ1n) is 18.5. The Hall–Kier alpha value is -1.30. The highest BCUT2D eigenvalue weighted by Crippen LogP contribution is 2.40. The van der Waals surface area contributed by atoms with E-state index in [9.17, 15) is 35.1 Å². The molecular formula is C37H67NO13. The molecule has 51 heavy (non-hydrogen) atoms. The average Bonchev–Trinajstić information content (AvgIpc) is 3.05. The van der Waals surface area contributed by atoms with Gasteiger partial charge < -0.3 is 58.9 Å². The highest BCUT2D eigenvalue weighted by atomic mass is 16.7. The van der Waals surface area contributed by atoms with Crippen LogP contribution < -0.4 is 0 Å². The molecule has 3 fully saturated rings. The molecule has 0 aromatic heterocycles. The Kier molecular flexibility index (Phi) is 14.7. The van der Waals surface area contributed by atoms with Crippen LogP contribution in [0.15, 0.2) is 0 Å². The minimum atomic E-state index is -1.99. The molecule has 5 N–H and O–H groups in total. The molecule has 18 atom stereocenters. The number of cyclic esters (lactones) is 1. The fraction of sp³-hybridized carbons (Fsp3) is 0.946. The Morgan fingerprint density at radius 2 is 1.49 bits per heavy atom. The van der Waals surface area contributed by atoms with Crippen LogP contribution >= 0.6 is 0 Å². The van der Waals surface area contributed by atoms with Crippen molar-refractivity contribution in [1.82, 2.24) is 4.90 Å². The lowest BCUT2D eigenvalue weighted by atomic mass is 9.74. The standard InChI is InChI=1S/C37H67NO13/c1-14-25-37(10,45)30(41)20(4)27(39)18(2)16-35(8,44)32(51-34-28(40)24(38(11)12)15-19(3)47-34)21(5)29(22(6)33(43)49-25)50-26-17-36(9,46-13)31(42)23(7)48-26/h18-26,28-32,34,40-42,44-45H,14-17H2,1-13H3/t18-,19-,20+,21+,22-,23+,24+,25-,26+,28-,29+,30-,31+,32-,34+,35-,36+,37-/m1/s1. The van der Waals surface area contributed by atoms with Gasteiger partial charge in [-0.15, -0.1) is 0 Å². The summed E-state index contributed by atoms with van der Waals surface area (Å²) in [4.78, 5) is 29.8. The fourth-order valence-corrected chi connectivity index (χ4v) is 8.41. The number of esters is 1.